The normalized spacial score (nSPS) is 12.4. The summed E-state index contributed by atoms with van der Waals surface area (Å²) in [6.07, 6.45) is 2.22. The molecule has 3 N–H and O–H groups in total. The van der Waals surface area contributed by atoms with Gasteiger partial charge in [0.05, 0.1) is 26.8 Å². The third kappa shape index (κ3) is 3.38. The van der Waals surface area contributed by atoms with Gasteiger partial charge in [0.15, 0.2) is 0 Å². The maximum absolute atomic E-state index is 6.17. The van der Waals surface area contributed by atoms with E-state index in [0.717, 1.165) is 5.56 Å². The van der Waals surface area contributed by atoms with E-state index in [9.17, 15) is 0 Å². The predicted molar refractivity (Wildman–Crippen MR) is 79.5 cm³/mol. The molecule has 0 bridgehead atoms. The Labute approximate surface area is 126 Å². The van der Waals surface area contributed by atoms with Gasteiger partial charge in [-0.25, -0.2) is 0 Å². The largest absolute Gasteiger partial charge is 0.271 e. The van der Waals surface area contributed by atoms with Crippen molar-refractivity contribution >= 4 is 34.8 Å². The van der Waals surface area contributed by atoms with E-state index < -0.39 is 0 Å². The van der Waals surface area contributed by atoms with Gasteiger partial charge in [-0.3, -0.25) is 16.3 Å². The van der Waals surface area contributed by atoms with Crippen LogP contribution in [0.15, 0.2) is 36.5 Å². The molecule has 2 rings (SSSR count). The first-order chi connectivity index (χ1) is 9.13. The summed E-state index contributed by atoms with van der Waals surface area (Å²) in [5, 5.41) is 1.60. The Hall–Kier alpha value is -0.840. The van der Waals surface area contributed by atoms with Crippen LogP contribution in [0.3, 0.4) is 0 Å². The molecular formula is C13H12Cl3N3. The van der Waals surface area contributed by atoms with Crippen molar-refractivity contribution in [1.29, 1.82) is 0 Å². The highest BCUT2D eigenvalue weighted by Gasteiger charge is 2.17. The van der Waals surface area contributed by atoms with E-state index in [4.69, 9.17) is 40.6 Å². The summed E-state index contributed by atoms with van der Waals surface area (Å²) < 4.78 is 0. The monoisotopic (exact) mass is 315 g/mol. The molecule has 0 saturated carbocycles. The number of halogens is 3. The van der Waals surface area contributed by atoms with Crippen LogP contribution in [0.4, 0.5) is 0 Å². The molecule has 100 valence electrons. The number of hydrazine groups is 1. The molecule has 1 heterocycles. The Balaban J connectivity index is 2.30. The summed E-state index contributed by atoms with van der Waals surface area (Å²) in [5.74, 6) is 5.58. The lowest BCUT2D eigenvalue weighted by atomic mass is 10.0. The van der Waals surface area contributed by atoms with E-state index in [2.05, 4.69) is 10.4 Å². The zero-order valence-corrected chi connectivity index (χ0v) is 12.2. The van der Waals surface area contributed by atoms with Crippen LogP contribution in [0.5, 0.6) is 0 Å². The number of pyridine rings is 1. The quantitative estimate of drug-likeness (QED) is 0.666. The SMILES string of the molecule is NNC(Cc1cccc(Cl)c1Cl)c1ncccc1Cl. The Morgan fingerprint density at radius 3 is 2.53 bits per heavy atom. The number of nitrogens with zero attached hydrogens (tertiary/aromatic N) is 1. The summed E-state index contributed by atoms with van der Waals surface area (Å²) in [6.45, 7) is 0. The molecule has 1 atom stereocenters. The number of hydrogen-bond acceptors (Lipinski definition) is 3. The molecular weight excluding hydrogens is 305 g/mol. The second kappa shape index (κ2) is 6.55. The van der Waals surface area contributed by atoms with E-state index in [1.807, 2.05) is 12.1 Å². The first-order valence-electron chi connectivity index (χ1n) is 5.63. The van der Waals surface area contributed by atoms with Gasteiger partial charge in [0.2, 0.25) is 0 Å². The van der Waals surface area contributed by atoms with Crippen LogP contribution in [-0.2, 0) is 6.42 Å². The third-order valence-corrected chi connectivity index (χ3v) is 3.95. The fraction of sp³-hybridized carbons (Fsp3) is 0.154. The molecule has 3 nitrogen and oxygen atoms in total. The maximum Gasteiger partial charge on any atom is 0.0775 e. The molecule has 0 aliphatic carbocycles. The van der Waals surface area contributed by atoms with Crippen molar-refractivity contribution in [3.8, 4) is 0 Å². The Kier molecular flexibility index (Phi) is 5.02. The second-order valence-electron chi connectivity index (χ2n) is 4.01. The molecule has 0 amide bonds. The number of rotatable bonds is 4. The van der Waals surface area contributed by atoms with Crippen molar-refractivity contribution in [2.24, 2.45) is 5.84 Å². The predicted octanol–water partition coefficient (Wildman–Crippen LogP) is 3.79. The zero-order chi connectivity index (χ0) is 13.8. The number of hydrogen-bond donors (Lipinski definition) is 2. The van der Waals surface area contributed by atoms with Gasteiger partial charge in [-0.1, -0.05) is 46.9 Å². The molecule has 0 aliphatic heterocycles. The van der Waals surface area contributed by atoms with Gasteiger partial charge in [0.25, 0.3) is 0 Å². The molecule has 6 heteroatoms. The van der Waals surface area contributed by atoms with E-state index in [1.54, 1.807) is 24.4 Å². The number of aromatic nitrogens is 1. The molecule has 1 aromatic heterocycles. The molecule has 0 radical (unpaired) electrons. The summed E-state index contributed by atoms with van der Waals surface area (Å²) in [5.41, 5.74) is 4.28. The summed E-state index contributed by atoms with van der Waals surface area (Å²) >= 11 is 18.3. The molecule has 2 aromatic rings. The highest BCUT2D eigenvalue weighted by atomic mass is 35.5. The Bertz CT molecular complexity index is 575. The van der Waals surface area contributed by atoms with Crippen LogP contribution in [0.25, 0.3) is 0 Å². The second-order valence-corrected chi connectivity index (χ2v) is 5.20. The summed E-state index contributed by atoms with van der Waals surface area (Å²) in [4.78, 5) is 4.25. The highest BCUT2D eigenvalue weighted by Crippen LogP contribution is 2.30. The van der Waals surface area contributed by atoms with Gasteiger partial charge in [-0.2, -0.15) is 0 Å². The van der Waals surface area contributed by atoms with Crippen molar-refractivity contribution in [2.75, 3.05) is 0 Å². The zero-order valence-electron chi connectivity index (χ0n) is 9.91. The number of nitrogens with one attached hydrogen (secondary N) is 1. The fourth-order valence-electron chi connectivity index (χ4n) is 1.81. The van der Waals surface area contributed by atoms with Gasteiger partial charge >= 0.3 is 0 Å². The third-order valence-electron chi connectivity index (χ3n) is 2.77. The van der Waals surface area contributed by atoms with E-state index in [0.29, 0.717) is 27.2 Å². The van der Waals surface area contributed by atoms with Crippen molar-refractivity contribution in [3.63, 3.8) is 0 Å². The van der Waals surface area contributed by atoms with E-state index in [-0.39, 0.29) is 6.04 Å². The van der Waals surface area contributed by atoms with E-state index in [1.165, 1.54) is 0 Å². The smallest absolute Gasteiger partial charge is 0.0775 e. The van der Waals surface area contributed by atoms with Crippen LogP contribution in [0.2, 0.25) is 15.1 Å². The maximum atomic E-state index is 6.17. The molecule has 0 spiro atoms. The Morgan fingerprint density at radius 2 is 1.84 bits per heavy atom. The summed E-state index contributed by atoms with van der Waals surface area (Å²) in [6, 6.07) is 8.79. The first-order valence-corrected chi connectivity index (χ1v) is 6.76. The van der Waals surface area contributed by atoms with Gasteiger partial charge in [0.1, 0.15) is 0 Å². The highest BCUT2D eigenvalue weighted by molar-refractivity contribution is 6.42. The van der Waals surface area contributed by atoms with Gasteiger partial charge < -0.3 is 0 Å². The van der Waals surface area contributed by atoms with Crippen LogP contribution in [0.1, 0.15) is 17.3 Å². The van der Waals surface area contributed by atoms with Crippen molar-refractivity contribution in [3.05, 3.63) is 62.9 Å². The lowest BCUT2D eigenvalue weighted by Gasteiger charge is -2.17. The number of nitrogens with two attached hydrogens (primary N) is 1. The molecule has 0 fully saturated rings. The minimum absolute atomic E-state index is 0.232. The van der Waals surface area contributed by atoms with Gasteiger partial charge in [-0.05, 0) is 30.2 Å². The Morgan fingerprint density at radius 1 is 1.11 bits per heavy atom. The van der Waals surface area contributed by atoms with E-state index >= 15 is 0 Å². The van der Waals surface area contributed by atoms with Crippen LogP contribution in [0, 0.1) is 0 Å². The van der Waals surface area contributed by atoms with Crippen LogP contribution in [-0.4, -0.2) is 4.98 Å². The van der Waals surface area contributed by atoms with Crippen molar-refractivity contribution in [1.82, 2.24) is 10.4 Å². The minimum atomic E-state index is -0.232. The summed E-state index contributed by atoms with van der Waals surface area (Å²) in [7, 11) is 0. The van der Waals surface area contributed by atoms with Crippen molar-refractivity contribution in [2.45, 2.75) is 12.5 Å². The fourth-order valence-corrected chi connectivity index (χ4v) is 2.47. The average molecular weight is 317 g/mol. The lowest BCUT2D eigenvalue weighted by molar-refractivity contribution is 0.538. The van der Waals surface area contributed by atoms with Gasteiger partial charge in [-0.15, -0.1) is 0 Å². The molecule has 1 unspecified atom stereocenters. The molecule has 19 heavy (non-hydrogen) atoms. The van der Waals surface area contributed by atoms with Crippen LogP contribution >= 0.6 is 34.8 Å². The minimum Gasteiger partial charge on any atom is -0.271 e. The average Bonchev–Trinajstić information content (AvgIpc) is 2.41. The van der Waals surface area contributed by atoms with Crippen molar-refractivity contribution < 1.29 is 0 Å². The molecule has 0 saturated heterocycles. The lowest BCUT2D eigenvalue weighted by Crippen LogP contribution is -2.30. The molecule has 0 aliphatic rings. The standard InChI is InChI=1S/C13H12Cl3N3/c14-9-4-1-3-8(12(9)16)7-11(19-17)13-10(15)5-2-6-18-13/h1-6,11,19H,7,17H2. The topological polar surface area (TPSA) is 50.9 Å². The number of benzene rings is 1. The van der Waals surface area contributed by atoms with Gasteiger partial charge in [0, 0.05) is 6.20 Å². The first kappa shape index (κ1) is 14.6. The van der Waals surface area contributed by atoms with Crippen LogP contribution < -0.4 is 11.3 Å². The molecule has 1 aromatic carbocycles.